The van der Waals surface area contributed by atoms with Crippen LogP contribution in [0.3, 0.4) is 0 Å². The maximum atomic E-state index is 13.1. The van der Waals surface area contributed by atoms with Gasteiger partial charge in [-0.05, 0) is 24.3 Å². The van der Waals surface area contributed by atoms with Gasteiger partial charge < -0.3 is 9.84 Å². The molecule has 0 aliphatic carbocycles. The Bertz CT molecular complexity index is 1040. The van der Waals surface area contributed by atoms with E-state index in [9.17, 15) is 14.7 Å². The Hall–Kier alpha value is -3.23. The highest BCUT2D eigenvalue weighted by Crippen LogP contribution is 2.26. The van der Waals surface area contributed by atoms with E-state index in [4.69, 9.17) is 4.74 Å². The van der Waals surface area contributed by atoms with E-state index in [2.05, 4.69) is 10.4 Å². The number of hydrazine groups is 1. The summed E-state index contributed by atoms with van der Waals surface area (Å²) in [4.78, 5) is 30.2. The number of benzene rings is 1. The Morgan fingerprint density at radius 2 is 1.85 bits per heavy atom. The Balaban J connectivity index is 1.88. The molecule has 0 saturated carbocycles. The normalized spacial score (nSPS) is 15.0. The number of hydrogen-bond acceptors (Lipinski definition) is 6. The fraction of sp³-hybridized carbons (Fsp3) is 0.211. The first-order valence-corrected chi connectivity index (χ1v) is 8.58. The van der Waals surface area contributed by atoms with Crippen molar-refractivity contribution in [2.24, 2.45) is 0 Å². The second-order valence-electron chi connectivity index (χ2n) is 6.11. The van der Waals surface area contributed by atoms with E-state index in [0.717, 1.165) is 0 Å². The smallest absolute Gasteiger partial charge is 0.275 e. The van der Waals surface area contributed by atoms with Crippen LogP contribution in [-0.2, 0) is 4.74 Å². The summed E-state index contributed by atoms with van der Waals surface area (Å²) < 4.78 is 6.59. The number of fused-ring (bicyclic) bond motifs is 1. The van der Waals surface area contributed by atoms with Crippen molar-refractivity contribution < 1.29 is 14.6 Å². The lowest BCUT2D eigenvalue weighted by atomic mass is 10.1. The zero-order valence-corrected chi connectivity index (χ0v) is 14.5. The van der Waals surface area contributed by atoms with Crippen LogP contribution in [0.15, 0.2) is 53.5 Å². The van der Waals surface area contributed by atoms with E-state index >= 15 is 0 Å². The van der Waals surface area contributed by atoms with Crippen LogP contribution in [0.2, 0.25) is 0 Å². The van der Waals surface area contributed by atoms with Crippen molar-refractivity contribution in [2.75, 3.05) is 26.3 Å². The van der Waals surface area contributed by atoms with Crippen molar-refractivity contribution in [1.82, 2.24) is 20.0 Å². The number of rotatable bonds is 3. The van der Waals surface area contributed by atoms with Crippen LogP contribution < -0.4 is 11.0 Å². The van der Waals surface area contributed by atoms with Gasteiger partial charge in [0.2, 0.25) is 0 Å². The van der Waals surface area contributed by atoms with Gasteiger partial charge in [-0.1, -0.05) is 18.2 Å². The summed E-state index contributed by atoms with van der Waals surface area (Å²) in [5, 5.41) is 12.6. The first kappa shape index (κ1) is 17.2. The molecule has 0 bridgehead atoms. The molecule has 27 heavy (non-hydrogen) atoms. The Morgan fingerprint density at radius 3 is 2.59 bits per heavy atom. The maximum Gasteiger partial charge on any atom is 0.275 e. The first-order valence-electron chi connectivity index (χ1n) is 8.58. The predicted octanol–water partition coefficient (Wildman–Crippen LogP) is 1.07. The molecule has 2 N–H and O–H groups in total. The maximum absolute atomic E-state index is 13.1. The molecule has 1 aromatic carbocycles. The number of morpholine rings is 1. The molecule has 4 rings (SSSR count). The minimum absolute atomic E-state index is 0.286. The topological polar surface area (TPSA) is 96.7 Å². The monoisotopic (exact) mass is 366 g/mol. The van der Waals surface area contributed by atoms with Crippen LogP contribution in [0, 0.1) is 0 Å². The van der Waals surface area contributed by atoms with E-state index in [1.807, 2.05) is 6.07 Å². The van der Waals surface area contributed by atoms with E-state index < -0.39 is 11.5 Å². The van der Waals surface area contributed by atoms with Crippen molar-refractivity contribution in [3.63, 3.8) is 0 Å². The number of nitrogens with zero attached hydrogens (tertiary/aromatic N) is 3. The van der Waals surface area contributed by atoms with Crippen molar-refractivity contribution in [3.8, 4) is 11.4 Å². The van der Waals surface area contributed by atoms with Gasteiger partial charge in [0, 0.05) is 19.3 Å². The molecule has 1 aliphatic rings. The molecule has 1 amide bonds. The van der Waals surface area contributed by atoms with Crippen LogP contribution in [0.5, 0.6) is 5.75 Å². The highest BCUT2D eigenvalue weighted by atomic mass is 16.5. The number of ether oxygens (including phenoxy) is 1. The van der Waals surface area contributed by atoms with E-state index in [1.54, 1.807) is 41.4 Å². The van der Waals surface area contributed by atoms with Gasteiger partial charge >= 0.3 is 0 Å². The molecule has 3 heterocycles. The first-order chi connectivity index (χ1) is 13.2. The molecule has 3 aromatic rings. The van der Waals surface area contributed by atoms with Crippen molar-refractivity contribution in [2.45, 2.75) is 0 Å². The summed E-state index contributed by atoms with van der Waals surface area (Å²) in [6, 6.07) is 12.2. The minimum Gasteiger partial charge on any atom is -0.506 e. The average molecular weight is 366 g/mol. The molecule has 2 aromatic heterocycles. The molecule has 8 heteroatoms. The number of amides is 1. The Labute approximate surface area is 154 Å². The molecule has 0 unspecified atom stereocenters. The van der Waals surface area contributed by atoms with E-state index in [0.29, 0.717) is 37.4 Å². The van der Waals surface area contributed by atoms with Gasteiger partial charge in [0.1, 0.15) is 11.3 Å². The lowest BCUT2D eigenvalue weighted by Gasteiger charge is -2.27. The molecule has 0 radical (unpaired) electrons. The van der Waals surface area contributed by atoms with Crippen LogP contribution in [-0.4, -0.2) is 51.9 Å². The zero-order chi connectivity index (χ0) is 18.8. The van der Waals surface area contributed by atoms with Crippen LogP contribution in [0.25, 0.3) is 16.7 Å². The van der Waals surface area contributed by atoms with Crippen molar-refractivity contribution >= 4 is 16.9 Å². The van der Waals surface area contributed by atoms with Crippen LogP contribution in [0.1, 0.15) is 10.4 Å². The third-order valence-electron chi connectivity index (χ3n) is 4.42. The van der Waals surface area contributed by atoms with Gasteiger partial charge in [0.05, 0.1) is 24.3 Å². The van der Waals surface area contributed by atoms with Crippen LogP contribution in [0.4, 0.5) is 0 Å². The molecule has 8 nitrogen and oxygen atoms in total. The van der Waals surface area contributed by atoms with Crippen molar-refractivity contribution in [1.29, 1.82) is 0 Å². The standard InChI is InChI=1S/C19H18N4O4/c24-16-14-7-4-8-20-17(14)23(13-5-2-1-3-6-13)19(26)15(16)18(25)21-22-9-11-27-12-10-22/h1-8,24H,9-12H2,(H,21,25). The number of aromatic nitrogens is 2. The molecule has 0 spiro atoms. The molecular weight excluding hydrogens is 348 g/mol. The molecular formula is C19H18N4O4. The Morgan fingerprint density at radius 1 is 1.11 bits per heavy atom. The number of hydrogen-bond donors (Lipinski definition) is 2. The van der Waals surface area contributed by atoms with Gasteiger partial charge in [-0.3, -0.25) is 19.6 Å². The molecule has 0 atom stereocenters. The summed E-state index contributed by atoms with van der Waals surface area (Å²) in [5.41, 5.74) is 2.59. The van der Waals surface area contributed by atoms with Crippen molar-refractivity contribution in [3.05, 3.63) is 64.6 Å². The van der Waals surface area contributed by atoms with Crippen LogP contribution >= 0.6 is 0 Å². The highest BCUT2D eigenvalue weighted by Gasteiger charge is 2.25. The summed E-state index contributed by atoms with van der Waals surface area (Å²) >= 11 is 0. The van der Waals surface area contributed by atoms with Gasteiger partial charge in [0.15, 0.2) is 5.65 Å². The zero-order valence-electron chi connectivity index (χ0n) is 14.5. The number of carbonyl (C=O) groups is 1. The number of nitrogens with one attached hydrogen (secondary N) is 1. The van der Waals surface area contributed by atoms with Gasteiger partial charge in [-0.2, -0.15) is 0 Å². The minimum atomic E-state index is -0.658. The van der Waals surface area contributed by atoms with Gasteiger partial charge in [0.25, 0.3) is 11.5 Å². The predicted molar refractivity (Wildman–Crippen MR) is 98.9 cm³/mol. The van der Waals surface area contributed by atoms with E-state index in [1.165, 1.54) is 10.8 Å². The Kier molecular flexibility index (Phi) is 4.57. The summed E-state index contributed by atoms with van der Waals surface area (Å²) in [6.07, 6.45) is 1.54. The van der Waals surface area contributed by atoms with E-state index in [-0.39, 0.29) is 17.0 Å². The largest absolute Gasteiger partial charge is 0.506 e. The number of carbonyl (C=O) groups excluding carboxylic acids is 1. The third-order valence-corrected chi connectivity index (χ3v) is 4.42. The average Bonchev–Trinajstić information content (AvgIpc) is 2.70. The summed E-state index contributed by atoms with van der Waals surface area (Å²) in [7, 11) is 0. The fourth-order valence-corrected chi connectivity index (χ4v) is 3.10. The molecule has 1 aliphatic heterocycles. The number of aromatic hydroxyl groups is 1. The highest BCUT2D eigenvalue weighted by molar-refractivity contribution is 6.01. The summed E-state index contributed by atoms with van der Waals surface area (Å²) in [6.45, 7) is 1.99. The number of pyridine rings is 2. The second-order valence-corrected chi connectivity index (χ2v) is 6.11. The third kappa shape index (κ3) is 3.16. The quantitative estimate of drug-likeness (QED) is 0.720. The van der Waals surface area contributed by atoms with Gasteiger partial charge in [-0.15, -0.1) is 0 Å². The number of para-hydroxylation sites is 1. The molecule has 1 saturated heterocycles. The molecule has 138 valence electrons. The van der Waals surface area contributed by atoms with Gasteiger partial charge in [-0.25, -0.2) is 9.99 Å². The summed E-state index contributed by atoms with van der Waals surface area (Å²) in [5.74, 6) is -1.03. The lowest BCUT2D eigenvalue weighted by molar-refractivity contribution is 0.0125. The SMILES string of the molecule is O=C(NN1CCOCC1)c1c(O)c2cccnc2n(-c2ccccc2)c1=O. The fourth-order valence-electron chi connectivity index (χ4n) is 3.10. The second kappa shape index (κ2) is 7.18. The lowest BCUT2D eigenvalue weighted by Crippen LogP contribution is -2.49. The molecule has 1 fully saturated rings.